The fourth-order valence-corrected chi connectivity index (χ4v) is 2.60. The second kappa shape index (κ2) is 10.9. The van der Waals surface area contributed by atoms with Gasteiger partial charge in [-0.15, -0.1) is 24.0 Å². The number of hydrogen-bond donors (Lipinski definition) is 2. The molecule has 27 heavy (non-hydrogen) atoms. The minimum Gasteiger partial charge on any atom is -0.444 e. The summed E-state index contributed by atoms with van der Waals surface area (Å²) >= 11 is 6.19. The minimum absolute atomic E-state index is 0. The predicted molar refractivity (Wildman–Crippen MR) is 120 cm³/mol. The van der Waals surface area contributed by atoms with E-state index in [2.05, 4.69) is 20.6 Å². The van der Waals surface area contributed by atoms with Crippen LogP contribution in [-0.2, 0) is 13.1 Å². The van der Waals surface area contributed by atoms with E-state index >= 15 is 0 Å². The van der Waals surface area contributed by atoms with Crippen LogP contribution in [0.4, 0.5) is 0 Å². The molecule has 1 heterocycles. The zero-order valence-electron chi connectivity index (χ0n) is 15.0. The van der Waals surface area contributed by atoms with Gasteiger partial charge in [-0.1, -0.05) is 48.0 Å². The highest BCUT2D eigenvalue weighted by molar-refractivity contribution is 14.0. The van der Waals surface area contributed by atoms with Crippen molar-refractivity contribution < 1.29 is 4.42 Å². The standard InChI is InChI=1S/C20H21ClN4O.HI/c1-2-22-20(23-12-16-10-6-7-11-18(16)21)24-13-17-14-26-19(25-17)15-8-4-3-5-9-15;/h3-11,14H,2,12-13H2,1H3,(H2,22,23,24);1H. The highest BCUT2D eigenvalue weighted by Gasteiger charge is 2.07. The van der Waals surface area contributed by atoms with Crippen molar-refractivity contribution >= 4 is 41.5 Å². The molecule has 0 aliphatic rings. The molecule has 0 saturated carbocycles. The fourth-order valence-electron chi connectivity index (χ4n) is 2.41. The highest BCUT2D eigenvalue weighted by atomic mass is 127. The number of guanidine groups is 1. The lowest BCUT2D eigenvalue weighted by atomic mass is 10.2. The maximum absolute atomic E-state index is 6.19. The number of rotatable bonds is 6. The molecule has 0 aliphatic heterocycles. The van der Waals surface area contributed by atoms with E-state index in [-0.39, 0.29) is 24.0 Å². The van der Waals surface area contributed by atoms with Gasteiger partial charge in [-0.05, 0) is 30.7 Å². The molecule has 0 atom stereocenters. The molecule has 0 saturated heterocycles. The molecule has 0 radical (unpaired) electrons. The van der Waals surface area contributed by atoms with Crippen LogP contribution in [0.2, 0.25) is 5.02 Å². The molecule has 7 heteroatoms. The number of nitrogens with zero attached hydrogens (tertiary/aromatic N) is 2. The van der Waals surface area contributed by atoms with Crippen molar-refractivity contribution in [3.63, 3.8) is 0 Å². The summed E-state index contributed by atoms with van der Waals surface area (Å²) in [7, 11) is 0. The van der Waals surface area contributed by atoms with Crippen molar-refractivity contribution in [2.45, 2.75) is 20.0 Å². The van der Waals surface area contributed by atoms with E-state index in [0.717, 1.165) is 28.4 Å². The third-order valence-corrected chi connectivity index (χ3v) is 4.09. The molecular formula is C20H22ClIN4O. The van der Waals surface area contributed by atoms with Crippen molar-refractivity contribution in [3.05, 3.63) is 77.1 Å². The Morgan fingerprint density at radius 2 is 1.81 bits per heavy atom. The normalized spacial score (nSPS) is 11.0. The summed E-state index contributed by atoms with van der Waals surface area (Å²) < 4.78 is 5.56. The maximum atomic E-state index is 6.19. The van der Waals surface area contributed by atoms with Gasteiger partial charge in [-0.25, -0.2) is 9.98 Å². The Bertz CT molecular complexity index is 867. The number of oxazole rings is 1. The Balaban J connectivity index is 0.00000261. The van der Waals surface area contributed by atoms with Crippen molar-refractivity contribution in [1.29, 1.82) is 0 Å². The SMILES string of the molecule is CCNC(=NCc1ccccc1Cl)NCc1coc(-c2ccccc2)n1.I. The van der Waals surface area contributed by atoms with Crippen LogP contribution < -0.4 is 10.6 Å². The van der Waals surface area contributed by atoms with Crippen LogP contribution in [0.15, 0.2) is 70.3 Å². The van der Waals surface area contributed by atoms with E-state index in [1.54, 1.807) is 6.26 Å². The monoisotopic (exact) mass is 496 g/mol. The van der Waals surface area contributed by atoms with E-state index in [1.165, 1.54) is 0 Å². The van der Waals surface area contributed by atoms with Crippen LogP contribution in [0.25, 0.3) is 11.5 Å². The van der Waals surface area contributed by atoms with Crippen LogP contribution in [0, 0.1) is 0 Å². The van der Waals surface area contributed by atoms with E-state index in [1.807, 2.05) is 61.5 Å². The largest absolute Gasteiger partial charge is 0.444 e. The van der Waals surface area contributed by atoms with Crippen LogP contribution in [0.3, 0.4) is 0 Å². The van der Waals surface area contributed by atoms with Crippen molar-refractivity contribution in [1.82, 2.24) is 15.6 Å². The first-order valence-electron chi connectivity index (χ1n) is 8.51. The zero-order valence-corrected chi connectivity index (χ0v) is 18.1. The maximum Gasteiger partial charge on any atom is 0.226 e. The van der Waals surface area contributed by atoms with Crippen molar-refractivity contribution in [2.24, 2.45) is 4.99 Å². The van der Waals surface area contributed by atoms with Gasteiger partial charge in [-0.3, -0.25) is 0 Å². The van der Waals surface area contributed by atoms with E-state index < -0.39 is 0 Å². The molecule has 0 amide bonds. The molecular weight excluding hydrogens is 475 g/mol. The molecule has 5 nitrogen and oxygen atoms in total. The Hall–Kier alpha value is -2.06. The number of hydrogen-bond acceptors (Lipinski definition) is 3. The smallest absolute Gasteiger partial charge is 0.226 e. The average molecular weight is 497 g/mol. The number of aliphatic imine (C=N–C) groups is 1. The lowest BCUT2D eigenvalue weighted by Crippen LogP contribution is -2.36. The highest BCUT2D eigenvalue weighted by Crippen LogP contribution is 2.18. The van der Waals surface area contributed by atoms with Gasteiger partial charge in [0.05, 0.1) is 18.8 Å². The second-order valence-corrected chi connectivity index (χ2v) is 6.06. The number of halogens is 2. The molecule has 3 rings (SSSR count). The summed E-state index contributed by atoms with van der Waals surface area (Å²) in [6.45, 7) is 3.81. The van der Waals surface area contributed by atoms with Crippen LogP contribution in [-0.4, -0.2) is 17.5 Å². The number of aromatic nitrogens is 1. The summed E-state index contributed by atoms with van der Waals surface area (Å²) in [5.41, 5.74) is 2.75. The number of benzene rings is 2. The topological polar surface area (TPSA) is 62.5 Å². The zero-order chi connectivity index (χ0) is 18.2. The van der Waals surface area contributed by atoms with Gasteiger partial charge in [0.1, 0.15) is 6.26 Å². The number of nitrogens with one attached hydrogen (secondary N) is 2. The summed E-state index contributed by atoms with van der Waals surface area (Å²) in [6.07, 6.45) is 1.66. The first-order valence-corrected chi connectivity index (χ1v) is 8.89. The quantitative estimate of drug-likeness (QED) is 0.290. The Morgan fingerprint density at radius 3 is 2.56 bits per heavy atom. The lowest BCUT2D eigenvalue weighted by Gasteiger charge is -2.10. The molecule has 3 aromatic rings. The summed E-state index contributed by atoms with van der Waals surface area (Å²) in [5, 5.41) is 7.20. The van der Waals surface area contributed by atoms with E-state index in [4.69, 9.17) is 16.0 Å². The lowest BCUT2D eigenvalue weighted by molar-refractivity contribution is 0.572. The molecule has 0 fully saturated rings. The van der Waals surface area contributed by atoms with Gasteiger partial charge >= 0.3 is 0 Å². The second-order valence-electron chi connectivity index (χ2n) is 5.65. The van der Waals surface area contributed by atoms with Gasteiger partial charge < -0.3 is 15.1 Å². The molecule has 1 aromatic heterocycles. The van der Waals surface area contributed by atoms with Crippen LogP contribution in [0.5, 0.6) is 0 Å². The average Bonchev–Trinajstić information content (AvgIpc) is 3.15. The Kier molecular flexibility index (Phi) is 8.60. The first-order chi connectivity index (χ1) is 12.8. The third kappa shape index (κ3) is 6.25. The molecule has 0 aliphatic carbocycles. The van der Waals surface area contributed by atoms with Crippen molar-refractivity contribution in [3.8, 4) is 11.5 Å². The summed E-state index contributed by atoms with van der Waals surface area (Å²) in [5.74, 6) is 1.32. The summed E-state index contributed by atoms with van der Waals surface area (Å²) in [4.78, 5) is 9.09. The van der Waals surface area contributed by atoms with Crippen molar-refractivity contribution in [2.75, 3.05) is 6.54 Å². The molecule has 2 N–H and O–H groups in total. The molecule has 2 aromatic carbocycles. The van der Waals surface area contributed by atoms with Crippen LogP contribution >= 0.6 is 35.6 Å². The van der Waals surface area contributed by atoms with Gasteiger partial charge in [0.2, 0.25) is 5.89 Å². The van der Waals surface area contributed by atoms with Gasteiger partial charge in [0.15, 0.2) is 5.96 Å². The minimum atomic E-state index is 0. The fraction of sp³-hybridized carbons (Fsp3) is 0.200. The molecule has 142 valence electrons. The van der Waals surface area contributed by atoms with E-state index in [9.17, 15) is 0 Å². The molecule has 0 unspecified atom stereocenters. The molecule has 0 bridgehead atoms. The Morgan fingerprint density at radius 1 is 1.07 bits per heavy atom. The third-order valence-electron chi connectivity index (χ3n) is 3.72. The molecule has 0 spiro atoms. The van der Waals surface area contributed by atoms with E-state index in [0.29, 0.717) is 24.9 Å². The van der Waals surface area contributed by atoms with Crippen LogP contribution in [0.1, 0.15) is 18.2 Å². The van der Waals surface area contributed by atoms with Gasteiger partial charge in [-0.2, -0.15) is 0 Å². The van der Waals surface area contributed by atoms with Gasteiger partial charge in [0, 0.05) is 17.1 Å². The van der Waals surface area contributed by atoms with Gasteiger partial charge in [0.25, 0.3) is 0 Å². The predicted octanol–water partition coefficient (Wildman–Crippen LogP) is 4.87. The summed E-state index contributed by atoms with van der Waals surface area (Å²) in [6, 6.07) is 17.5. The Labute approximate surface area is 181 Å². The first kappa shape index (κ1) is 21.2.